The number of hydrogen-bond acceptors (Lipinski definition) is 6. The van der Waals surface area contributed by atoms with Crippen molar-refractivity contribution in [2.45, 2.75) is 12.6 Å². The molecule has 46 heavy (non-hydrogen) atoms. The van der Waals surface area contributed by atoms with Crippen LogP contribution in [-0.4, -0.2) is 61.3 Å². The maximum absolute atomic E-state index is 15.0. The number of halogens is 2. The summed E-state index contributed by atoms with van der Waals surface area (Å²) in [6.07, 6.45) is 0. The van der Waals surface area contributed by atoms with Gasteiger partial charge in [-0.15, -0.1) is 0 Å². The Morgan fingerprint density at radius 1 is 0.870 bits per heavy atom. The number of carbonyl (C=O) groups is 4. The molecule has 6 rings (SSSR count). The normalized spacial score (nSPS) is 15.0. The van der Waals surface area contributed by atoms with Crippen LogP contribution in [0.1, 0.15) is 27.5 Å². The maximum atomic E-state index is 15.0. The van der Waals surface area contributed by atoms with E-state index in [4.69, 9.17) is 4.74 Å². The van der Waals surface area contributed by atoms with Gasteiger partial charge in [0.25, 0.3) is 17.6 Å². The molecule has 0 bridgehead atoms. The number of amides is 3. The molecular weight excluding hydrogens is 594 g/mol. The third kappa shape index (κ3) is 6.36. The van der Waals surface area contributed by atoms with Crippen LogP contribution >= 0.6 is 0 Å². The Balaban J connectivity index is 1.35. The minimum absolute atomic E-state index is 0.101. The number of morpholine rings is 1. The van der Waals surface area contributed by atoms with Crippen LogP contribution in [0, 0.1) is 11.6 Å². The fourth-order valence-corrected chi connectivity index (χ4v) is 5.70. The summed E-state index contributed by atoms with van der Waals surface area (Å²) in [5.74, 6) is -4.35. The molecule has 1 unspecified atom stereocenters. The van der Waals surface area contributed by atoms with Crippen LogP contribution in [0.15, 0.2) is 97.1 Å². The summed E-state index contributed by atoms with van der Waals surface area (Å²) in [6, 6.07) is 23.0. The predicted octanol–water partition coefficient (Wildman–Crippen LogP) is 4.74. The van der Waals surface area contributed by atoms with Gasteiger partial charge < -0.3 is 19.9 Å². The molecule has 3 amide bonds. The van der Waals surface area contributed by atoms with Crippen LogP contribution in [0.3, 0.4) is 0 Å². The van der Waals surface area contributed by atoms with Gasteiger partial charge in [0, 0.05) is 36.6 Å². The summed E-state index contributed by atoms with van der Waals surface area (Å²) in [5.41, 5.74) is 2.02. The Labute approximate surface area is 264 Å². The molecule has 2 aliphatic heterocycles. The number of ketones is 1. The molecule has 1 fully saturated rings. The molecule has 0 spiro atoms. The number of ether oxygens (including phenoxy) is 1. The molecule has 0 radical (unpaired) electrons. The van der Waals surface area contributed by atoms with Crippen molar-refractivity contribution in [3.05, 3.63) is 125 Å². The molecule has 11 heteroatoms. The average molecular weight is 625 g/mol. The van der Waals surface area contributed by atoms with Crippen molar-refractivity contribution < 1.29 is 32.7 Å². The SMILES string of the molecule is O=C1C(=O)N(CC(=O)N(Cc2ccccc2F)C(C(=O)Nc2ccc(N3CCOCC3)cc2)c2cccc(F)c2)c2ccccc21. The molecule has 9 nitrogen and oxygen atoms in total. The lowest BCUT2D eigenvalue weighted by molar-refractivity contribution is -0.139. The minimum Gasteiger partial charge on any atom is -0.378 e. The van der Waals surface area contributed by atoms with E-state index in [1.165, 1.54) is 42.5 Å². The van der Waals surface area contributed by atoms with Gasteiger partial charge in [0.1, 0.15) is 24.2 Å². The first-order valence-corrected chi connectivity index (χ1v) is 14.8. The smallest absolute Gasteiger partial charge is 0.299 e. The van der Waals surface area contributed by atoms with E-state index in [1.807, 2.05) is 12.1 Å². The van der Waals surface area contributed by atoms with E-state index >= 15 is 0 Å². The average Bonchev–Trinajstić information content (AvgIpc) is 3.31. The van der Waals surface area contributed by atoms with Crippen molar-refractivity contribution in [2.75, 3.05) is 48.0 Å². The van der Waals surface area contributed by atoms with Crippen LogP contribution in [0.5, 0.6) is 0 Å². The van der Waals surface area contributed by atoms with E-state index in [9.17, 15) is 28.0 Å². The zero-order chi connectivity index (χ0) is 32.2. The highest BCUT2D eigenvalue weighted by Gasteiger charge is 2.39. The number of nitrogens with one attached hydrogen (secondary N) is 1. The van der Waals surface area contributed by atoms with Crippen molar-refractivity contribution >= 4 is 40.6 Å². The molecule has 0 saturated carbocycles. The Kier molecular flexibility index (Phi) is 8.84. The van der Waals surface area contributed by atoms with Crippen molar-refractivity contribution in [3.8, 4) is 0 Å². The molecule has 2 aliphatic rings. The summed E-state index contributed by atoms with van der Waals surface area (Å²) >= 11 is 0. The number of anilines is 3. The Morgan fingerprint density at radius 2 is 1.59 bits per heavy atom. The van der Waals surface area contributed by atoms with Gasteiger partial charge in [-0.25, -0.2) is 8.78 Å². The first-order chi connectivity index (χ1) is 22.3. The molecule has 1 atom stereocenters. The lowest BCUT2D eigenvalue weighted by atomic mass is 10.0. The number of para-hydroxylation sites is 1. The van der Waals surface area contributed by atoms with Crippen LogP contribution in [-0.2, 0) is 25.7 Å². The molecule has 4 aromatic carbocycles. The van der Waals surface area contributed by atoms with Crippen molar-refractivity contribution in [1.29, 1.82) is 0 Å². The van der Waals surface area contributed by atoms with E-state index in [1.54, 1.807) is 36.4 Å². The Hall–Kier alpha value is -5.42. The molecule has 0 aromatic heterocycles. The van der Waals surface area contributed by atoms with E-state index in [2.05, 4.69) is 10.2 Å². The summed E-state index contributed by atoms with van der Waals surface area (Å²) in [4.78, 5) is 58.1. The van der Waals surface area contributed by atoms with Gasteiger partial charge in [-0.3, -0.25) is 24.1 Å². The third-order valence-corrected chi connectivity index (χ3v) is 8.03. The Bertz CT molecular complexity index is 1790. The summed E-state index contributed by atoms with van der Waals surface area (Å²) in [6.45, 7) is 1.70. The third-order valence-electron chi connectivity index (χ3n) is 8.03. The first kappa shape index (κ1) is 30.6. The number of rotatable bonds is 9. The maximum Gasteiger partial charge on any atom is 0.299 e. The Morgan fingerprint density at radius 3 is 2.33 bits per heavy atom. The van der Waals surface area contributed by atoms with Gasteiger partial charge in [0.2, 0.25) is 5.91 Å². The number of benzene rings is 4. The molecule has 1 N–H and O–H groups in total. The van der Waals surface area contributed by atoms with Crippen LogP contribution < -0.4 is 15.1 Å². The quantitative estimate of drug-likeness (QED) is 0.270. The van der Waals surface area contributed by atoms with Crippen LogP contribution in [0.4, 0.5) is 25.8 Å². The molecular formula is C35H30F2N4O5. The molecule has 2 heterocycles. The molecule has 234 valence electrons. The highest BCUT2D eigenvalue weighted by molar-refractivity contribution is 6.52. The second-order valence-corrected chi connectivity index (χ2v) is 10.9. The van der Waals surface area contributed by atoms with Gasteiger partial charge in [0.05, 0.1) is 24.5 Å². The van der Waals surface area contributed by atoms with Gasteiger partial charge in [-0.05, 0) is 60.2 Å². The summed E-state index contributed by atoms with van der Waals surface area (Å²) < 4.78 is 35.0. The number of carbonyl (C=O) groups excluding carboxylic acids is 4. The molecule has 4 aromatic rings. The fourth-order valence-electron chi connectivity index (χ4n) is 5.70. The molecule has 1 saturated heterocycles. The highest BCUT2D eigenvalue weighted by atomic mass is 19.1. The molecule has 0 aliphatic carbocycles. The first-order valence-electron chi connectivity index (χ1n) is 14.8. The van der Waals surface area contributed by atoms with Crippen molar-refractivity contribution in [3.63, 3.8) is 0 Å². The van der Waals surface area contributed by atoms with Crippen LogP contribution in [0.25, 0.3) is 0 Å². The zero-order valence-electron chi connectivity index (χ0n) is 24.7. The topological polar surface area (TPSA) is 99.3 Å². The fraction of sp³-hybridized carbons (Fsp3) is 0.200. The predicted molar refractivity (Wildman–Crippen MR) is 167 cm³/mol. The van der Waals surface area contributed by atoms with Crippen LogP contribution in [0.2, 0.25) is 0 Å². The van der Waals surface area contributed by atoms with E-state index in [0.29, 0.717) is 18.9 Å². The van der Waals surface area contributed by atoms with Gasteiger partial charge in [-0.1, -0.05) is 42.5 Å². The second-order valence-electron chi connectivity index (χ2n) is 10.9. The van der Waals surface area contributed by atoms with Gasteiger partial charge in [0.15, 0.2) is 0 Å². The number of nitrogens with zero attached hydrogens (tertiary/aromatic N) is 3. The number of hydrogen-bond donors (Lipinski definition) is 1. The summed E-state index contributed by atoms with van der Waals surface area (Å²) in [7, 11) is 0. The minimum atomic E-state index is -1.44. The highest BCUT2D eigenvalue weighted by Crippen LogP contribution is 2.31. The van der Waals surface area contributed by atoms with Crippen molar-refractivity contribution in [1.82, 2.24) is 4.90 Å². The standard InChI is InChI=1S/C35H30F2N4O5/c36-25-8-5-7-23(20-25)32(34(44)38-26-12-14-27(15-13-26)39-16-18-46-19-17-39)41(21-24-6-1-3-10-29(24)37)31(42)22-40-30-11-4-2-9-28(30)33(43)35(40)45/h1-15,20,32H,16-19,21-22H2,(H,38,44). The lowest BCUT2D eigenvalue weighted by Gasteiger charge is -2.33. The van der Waals surface area contributed by atoms with Gasteiger partial charge in [-0.2, -0.15) is 0 Å². The lowest BCUT2D eigenvalue weighted by Crippen LogP contribution is -2.46. The monoisotopic (exact) mass is 624 g/mol. The zero-order valence-corrected chi connectivity index (χ0v) is 24.7. The van der Waals surface area contributed by atoms with E-state index in [0.717, 1.165) is 34.6 Å². The second kappa shape index (κ2) is 13.3. The van der Waals surface area contributed by atoms with E-state index < -0.39 is 47.7 Å². The largest absolute Gasteiger partial charge is 0.378 e. The summed E-state index contributed by atoms with van der Waals surface area (Å²) in [5, 5.41) is 2.82. The van der Waals surface area contributed by atoms with Crippen molar-refractivity contribution in [2.24, 2.45) is 0 Å². The van der Waals surface area contributed by atoms with Gasteiger partial charge >= 0.3 is 0 Å². The number of Topliss-reactive ketones (excluding diaryl/α,β-unsaturated/α-hetero) is 1. The number of fused-ring (bicyclic) bond motifs is 1. The van der Waals surface area contributed by atoms with E-state index in [-0.39, 0.29) is 28.9 Å².